The zero-order chi connectivity index (χ0) is 12.5. The van der Waals surface area contributed by atoms with Crippen molar-refractivity contribution in [2.75, 3.05) is 0 Å². The Balaban J connectivity index is 2.38. The molecule has 2 rings (SSSR count). The average Bonchev–Trinajstić information content (AvgIpc) is 2.80. The van der Waals surface area contributed by atoms with E-state index in [1.165, 1.54) is 0 Å². The lowest BCUT2D eigenvalue weighted by Gasteiger charge is -2.15. The first-order valence-electron chi connectivity index (χ1n) is 5.22. The predicted molar refractivity (Wildman–Crippen MR) is 62.5 cm³/mol. The summed E-state index contributed by atoms with van der Waals surface area (Å²) in [4.78, 5) is 22.4. The summed E-state index contributed by atoms with van der Waals surface area (Å²) in [6.07, 6.45) is 3.28. The van der Waals surface area contributed by atoms with Gasteiger partial charge in [-0.15, -0.1) is 0 Å². The standard InChI is InChI=1S/C12H13N3O2/c1-12(2,11(16)17)10-14-7-9(15-10)8-5-3-4-6-13-8/h3-7H,1-2H3,(H,14,15)(H,16,17). The number of H-pyrrole nitrogens is 1. The van der Waals surface area contributed by atoms with Gasteiger partial charge in [-0.3, -0.25) is 9.78 Å². The van der Waals surface area contributed by atoms with Gasteiger partial charge < -0.3 is 10.1 Å². The lowest BCUT2D eigenvalue weighted by atomic mass is 9.93. The average molecular weight is 231 g/mol. The number of nitrogens with one attached hydrogen (secondary N) is 1. The second-order valence-electron chi connectivity index (χ2n) is 4.29. The molecule has 0 unspecified atom stereocenters. The number of carboxylic acid groups (broad SMARTS) is 1. The molecule has 5 nitrogen and oxygen atoms in total. The quantitative estimate of drug-likeness (QED) is 0.844. The van der Waals surface area contributed by atoms with Crippen molar-refractivity contribution in [1.29, 1.82) is 0 Å². The monoisotopic (exact) mass is 231 g/mol. The number of rotatable bonds is 3. The normalized spacial score (nSPS) is 11.4. The molecule has 0 aliphatic rings. The highest BCUT2D eigenvalue weighted by atomic mass is 16.4. The van der Waals surface area contributed by atoms with Crippen LogP contribution in [-0.4, -0.2) is 26.0 Å². The van der Waals surface area contributed by atoms with Crippen molar-refractivity contribution in [3.8, 4) is 11.4 Å². The van der Waals surface area contributed by atoms with Crippen molar-refractivity contribution in [2.45, 2.75) is 19.3 Å². The highest BCUT2D eigenvalue weighted by molar-refractivity contribution is 5.79. The number of aromatic amines is 1. The van der Waals surface area contributed by atoms with Crippen LogP contribution in [0.3, 0.4) is 0 Å². The number of aromatic nitrogens is 3. The fourth-order valence-corrected chi connectivity index (χ4v) is 1.39. The molecular formula is C12H13N3O2. The number of imidazole rings is 1. The highest BCUT2D eigenvalue weighted by Gasteiger charge is 2.32. The first kappa shape index (κ1) is 11.3. The molecule has 0 spiro atoms. The van der Waals surface area contributed by atoms with Crippen LogP contribution < -0.4 is 0 Å². The van der Waals surface area contributed by atoms with Gasteiger partial charge in [0.25, 0.3) is 0 Å². The Morgan fingerprint density at radius 1 is 1.35 bits per heavy atom. The lowest BCUT2D eigenvalue weighted by Crippen LogP contribution is -2.29. The molecule has 0 amide bonds. The molecule has 2 aromatic heterocycles. The summed E-state index contributed by atoms with van der Waals surface area (Å²) in [5, 5.41) is 9.10. The Morgan fingerprint density at radius 2 is 2.12 bits per heavy atom. The Morgan fingerprint density at radius 3 is 2.71 bits per heavy atom. The number of hydrogen-bond donors (Lipinski definition) is 2. The molecule has 88 valence electrons. The van der Waals surface area contributed by atoms with Crippen molar-refractivity contribution in [3.05, 3.63) is 36.4 Å². The molecule has 2 aromatic rings. The van der Waals surface area contributed by atoms with Crippen molar-refractivity contribution >= 4 is 5.97 Å². The third-order valence-electron chi connectivity index (χ3n) is 2.64. The van der Waals surface area contributed by atoms with E-state index in [1.807, 2.05) is 18.2 Å². The third-order valence-corrected chi connectivity index (χ3v) is 2.64. The summed E-state index contributed by atoms with van der Waals surface area (Å²) in [5.41, 5.74) is 0.426. The molecule has 0 saturated carbocycles. The van der Waals surface area contributed by atoms with Crippen LogP contribution in [0.4, 0.5) is 0 Å². The first-order chi connectivity index (χ1) is 8.01. The molecule has 0 aliphatic carbocycles. The van der Waals surface area contributed by atoms with Crippen LogP contribution in [-0.2, 0) is 10.2 Å². The molecule has 2 heterocycles. The van der Waals surface area contributed by atoms with E-state index in [4.69, 9.17) is 5.11 Å². The zero-order valence-electron chi connectivity index (χ0n) is 9.64. The molecule has 0 aromatic carbocycles. The summed E-state index contributed by atoms with van der Waals surface area (Å²) in [7, 11) is 0. The minimum Gasteiger partial charge on any atom is -0.481 e. The Hall–Kier alpha value is -2.17. The van der Waals surface area contributed by atoms with Crippen molar-refractivity contribution in [3.63, 3.8) is 0 Å². The van der Waals surface area contributed by atoms with Crippen LogP contribution in [0.2, 0.25) is 0 Å². The van der Waals surface area contributed by atoms with E-state index in [0.29, 0.717) is 5.82 Å². The van der Waals surface area contributed by atoms with Gasteiger partial charge in [0.2, 0.25) is 0 Å². The minimum atomic E-state index is -1.03. The molecule has 5 heteroatoms. The van der Waals surface area contributed by atoms with Gasteiger partial charge in [0.1, 0.15) is 11.2 Å². The van der Waals surface area contributed by atoms with Crippen LogP contribution in [0.1, 0.15) is 19.7 Å². The van der Waals surface area contributed by atoms with Gasteiger partial charge in [0.15, 0.2) is 0 Å². The minimum absolute atomic E-state index is 0.422. The van der Waals surface area contributed by atoms with Crippen LogP contribution in [0.5, 0.6) is 0 Å². The summed E-state index contributed by atoms with van der Waals surface area (Å²) >= 11 is 0. The van der Waals surface area contributed by atoms with Crippen molar-refractivity contribution in [2.24, 2.45) is 0 Å². The number of pyridine rings is 1. The van der Waals surface area contributed by atoms with Gasteiger partial charge in [0.05, 0.1) is 17.6 Å². The fourth-order valence-electron chi connectivity index (χ4n) is 1.39. The fraction of sp³-hybridized carbons (Fsp3) is 0.250. The van der Waals surface area contributed by atoms with E-state index < -0.39 is 11.4 Å². The van der Waals surface area contributed by atoms with Crippen LogP contribution in [0.25, 0.3) is 11.4 Å². The van der Waals surface area contributed by atoms with E-state index >= 15 is 0 Å². The second kappa shape index (κ2) is 4.01. The van der Waals surface area contributed by atoms with Crippen molar-refractivity contribution in [1.82, 2.24) is 15.0 Å². The second-order valence-corrected chi connectivity index (χ2v) is 4.29. The Labute approximate surface area is 98.6 Å². The number of hydrogen-bond acceptors (Lipinski definition) is 3. The molecular weight excluding hydrogens is 218 g/mol. The van der Waals surface area contributed by atoms with Gasteiger partial charge in [-0.2, -0.15) is 0 Å². The Kier molecular flexibility index (Phi) is 2.67. The molecule has 0 radical (unpaired) electrons. The largest absolute Gasteiger partial charge is 0.481 e. The molecule has 0 fully saturated rings. The Bertz CT molecular complexity index is 532. The van der Waals surface area contributed by atoms with E-state index in [-0.39, 0.29) is 0 Å². The number of carboxylic acids is 1. The van der Waals surface area contributed by atoms with Gasteiger partial charge in [-0.1, -0.05) is 6.07 Å². The maximum atomic E-state index is 11.1. The van der Waals surface area contributed by atoms with E-state index in [0.717, 1.165) is 11.4 Å². The smallest absolute Gasteiger partial charge is 0.316 e. The summed E-state index contributed by atoms with van der Waals surface area (Å²) < 4.78 is 0. The summed E-state index contributed by atoms with van der Waals surface area (Å²) in [5.74, 6) is -0.495. The number of carbonyl (C=O) groups is 1. The molecule has 0 saturated heterocycles. The zero-order valence-corrected chi connectivity index (χ0v) is 9.64. The molecule has 0 atom stereocenters. The third kappa shape index (κ3) is 2.04. The number of nitrogens with zero attached hydrogens (tertiary/aromatic N) is 2. The first-order valence-corrected chi connectivity index (χ1v) is 5.22. The van der Waals surface area contributed by atoms with Crippen LogP contribution in [0, 0.1) is 0 Å². The maximum absolute atomic E-state index is 11.1. The van der Waals surface area contributed by atoms with Crippen LogP contribution >= 0.6 is 0 Å². The van der Waals surface area contributed by atoms with Crippen molar-refractivity contribution < 1.29 is 9.90 Å². The predicted octanol–water partition coefficient (Wildman–Crippen LogP) is 1.83. The van der Waals surface area contributed by atoms with E-state index in [1.54, 1.807) is 26.2 Å². The van der Waals surface area contributed by atoms with Gasteiger partial charge in [-0.25, -0.2) is 4.98 Å². The topological polar surface area (TPSA) is 78.9 Å². The van der Waals surface area contributed by atoms with E-state index in [2.05, 4.69) is 15.0 Å². The summed E-state index contributed by atoms with van der Waals surface area (Å²) in [6, 6.07) is 5.53. The molecule has 0 bridgehead atoms. The summed E-state index contributed by atoms with van der Waals surface area (Å²) in [6.45, 7) is 3.22. The highest BCUT2D eigenvalue weighted by Crippen LogP contribution is 2.23. The maximum Gasteiger partial charge on any atom is 0.316 e. The SMILES string of the molecule is CC(C)(C(=O)O)c1ncc(-c2ccccn2)[nH]1. The van der Waals surface area contributed by atoms with E-state index in [9.17, 15) is 4.79 Å². The van der Waals surface area contributed by atoms with Gasteiger partial charge in [0, 0.05) is 6.20 Å². The number of aliphatic carboxylic acids is 1. The van der Waals surface area contributed by atoms with Gasteiger partial charge in [-0.05, 0) is 26.0 Å². The lowest BCUT2D eigenvalue weighted by molar-refractivity contribution is -0.142. The van der Waals surface area contributed by atoms with Crippen LogP contribution in [0.15, 0.2) is 30.6 Å². The molecule has 2 N–H and O–H groups in total. The van der Waals surface area contributed by atoms with Gasteiger partial charge >= 0.3 is 5.97 Å². The molecule has 17 heavy (non-hydrogen) atoms. The molecule has 0 aliphatic heterocycles.